The number of H-pyrrole nitrogens is 1. The van der Waals surface area contributed by atoms with Crippen molar-refractivity contribution in [3.05, 3.63) is 53.2 Å². The third kappa shape index (κ3) is 3.55. The molecule has 1 saturated carbocycles. The number of halogens is 2. The van der Waals surface area contributed by atoms with E-state index in [1.807, 2.05) is 11.0 Å². The van der Waals surface area contributed by atoms with Crippen molar-refractivity contribution in [2.24, 2.45) is 0 Å². The molecule has 156 valence electrons. The summed E-state index contributed by atoms with van der Waals surface area (Å²) in [6.07, 6.45) is 5.24. The molecule has 0 amide bonds. The second-order valence-electron chi connectivity index (χ2n) is 7.95. The molecule has 2 aliphatic rings. The van der Waals surface area contributed by atoms with Crippen molar-refractivity contribution in [1.82, 2.24) is 20.2 Å². The Kier molecular flexibility index (Phi) is 4.72. The number of nitrogens with one attached hydrogen (secondary N) is 2. The fourth-order valence-corrected chi connectivity index (χ4v) is 4.26. The average Bonchev–Trinajstić information content (AvgIpc) is 3.30. The van der Waals surface area contributed by atoms with Gasteiger partial charge in [-0.3, -0.25) is 5.10 Å². The molecule has 30 heavy (non-hydrogen) atoms. The standard InChI is InChI=1S/C21H23F2N7/c22-13-6-7-14(15(23)9-13)17-5-2-8-30(17)20-11-18(26-21(24)27-20)25-19-10-16(28-29-19)12-3-1-4-12/h6-7,9-12,17H,1-5,8H2,(H4,24,25,26,27,28,29). The first-order valence-corrected chi connectivity index (χ1v) is 10.3. The number of aromatic nitrogens is 4. The van der Waals surface area contributed by atoms with Gasteiger partial charge < -0.3 is 16.0 Å². The molecule has 1 aliphatic heterocycles. The summed E-state index contributed by atoms with van der Waals surface area (Å²) in [5.74, 6) is 1.33. The highest BCUT2D eigenvalue weighted by Crippen LogP contribution is 2.38. The number of nitrogens with two attached hydrogens (primary N) is 1. The lowest BCUT2D eigenvalue weighted by Crippen LogP contribution is -2.25. The van der Waals surface area contributed by atoms with E-state index in [0.717, 1.165) is 24.6 Å². The van der Waals surface area contributed by atoms with Gasteiger partial charge in [0.1, 0.15) is 23.3 Å². The van der Waals surface area contributed by atoms with Crippen LogP contribution >= 0.6 is 0 Å². The van der Waals surface area contributed by atoms with Crippen LogP contribution in [0.2, 0.25) is 0 Å². The monoisotopic (exact) mass is 411 g/mol. The summed E-state index contributed by atoms with van der Waals surface area (Å²) in [5, 5.41) is 10.6. The van der Waals surface area contributed by atoms with Crippen LogP contribution in [0.5, 0.6) is 0 Å². The number of hydrogen-bond acceptors (Lipinski definition) is 6. The van der Waals surface area contributed by atoms with E-state index in [0.29, 0.717) is 35.5 Å². The summed E-state index contributed by atoms with van der Waals surface area (Å²) in [6.45, 7) is 0.700. The molecule has 3 aromatic rings. The van der Waals surface area contributed by atoms with Crippen molar-refractivity contribution in [3.8, 4) is 0 Å². The number of anilines is 4. The molecule has 0 bridgehead atoms. The molecule has 2 fully saturated rings. The number of benzene rings is 1. The molecule has 4 N–H and O–H groups in total. The van der Waals surface area contributed by atoms with Crippen LogP contribution in [-0.2, 0) is 0 Å². The molecule has 0 spiro atoms. The van der Waals surface area contributed by atoms with Gasteiger partial charge in [-0.15, -0.1) is 0 Å². The Bertz CT molecular complexity index is 1060. The topological polar surface area (TPSA) is 95.7 Å². The Balaban J connectivity index is 1.40. The van der Waals surface area contributed by atoms with Crippen LogP contribution in [-0.4, -0.2) is 26.7 Å². The lowest BCUT2D eigenvalue weighted by Gasteiger charge is -2.26. The molecular formula is C21H23F2N7. The van der Waals surface area contributed by atoms with Crippen molar-refractivity contribution in [3.63, 3.8) is 0 Å². The number of nitrogen functional groups attached to an aromatic ring is 1. The Labute approximate surface area is 172 Å². The van der Waals surface area contributed by atoms with Gasteiger partial charge >= 0.3 is 0 Å². The number of nitrogens with zero attached hydrogens (tertiary/aromatic N) is 4. The summed E-state index contributed by atoms with van der Waals surface area (Å²) in [5.41, 5.74) is 7.54. The normalized spacial score (nSPS) is 19.1. The lowest BCUT2D eigenvalue weighted by molar-refractivity contribution is 0.410. The maximum Gasteiger partial charge on any atom is 0.223 e. The zero-order valence-corrected chi connectivity index (χ0v) is 16.4. The van der Waals surface area contributed by atoms with Gasteiger partial charge in [0, 0.05) is 41.9 Å². The molecule has 1 aliphatic carbocycles. The van der Waals surface area contributed by atoms with Crippen molar-refractivity contribution in [2.45, 2.75) is 44.1 Å². The smallest absolute Gasteiger partial charge is 0.223 e. The van der Waals surface area contributed by atoms with Gasteiger partial charge in [-0.05, 0) is 31.7 Å². The molecular weight excluding hydrogens is 388 g/mol. The molecule has 7 nitrogen and oxygen atoms in total. The van der Waals surface area contributed by atoms with Crippen molar-refractivity contribution in [1.29, 1.82) is 0 Å². The van der Waals surface area contributed by atoms with Crippen LogP contribution in [0, 0.1) is 11.6 Å². The first kappa shape index (κ1) is 18.8. The molecule has 1 atom stereocenters. The molecule has 1 aromatic carbocycles. The van der Waals surface area contributed by atoms with Crippen molar-refractivity contribution >= 4 is 23.4 Å². The maximum absolute atomic E-state index is 14.4. The van der Waals surface area contributed by atoms with E-state index in [4.69, 9.17) is 5.73 Å². The lowest BCUT2D eigenvalue weighted by atomic mass is 9.83. The van der Waals surface area contributed by atoms with Crippen LogP contribution in [0.4, 0.5) is 32.2 Å². The van der Waals surface area contributed by atoms with Crippen LogP contribution in [0.1, 0.15) is 55.3 Å². The Morgan fingerprint density at radius 1 is 1.03 bits per heavy atom. The van der Waals surface area contributed by atoms with Crippen LogP contribution in [0.15, 0.2) is 30.3 Å². The van der Waals surface area contributed by atoms with Crippen LogP contribution in [0.25, 0.3) is 0 Å². The van der Waals surface area contributed by atoms with Gasteiger partial charge in [0.2, 0.25) is 5.95 Å². The van der Waals surface area contributed by atoms with Gasteiger partial charge in [-0.25, -0.2) is 8.78 Å². The molecule has 9 heteroatoms. The van der Waals surface area contributed by atoms with Gasteiger partial charge in [0.25, 0.3) is 0 Å². The van der Waals surface area contributed by atoms with Gasteiger partial charge in [0.05, 0.1) is 6.04 Å². The summed E-state index contributed by atoms with van der Waals surface area (Å²) >= 11 is 0. The van der Waals surface area contributed by atoms with Crippen LogP contribution < -0.4 is 16.0 Å². The van der Waals surface area contributed by atoms with E-state index in [2.05, 4.69) is 25.5 Å². The fourth-order valence-electron chi connectivity index (χ4n) is 4.26. The summed E-state index contributed by atoms with van der Waals surface area (Å²) in [6, 6.07) is 7.26. The largest absolute Gasteiger partial charge is 0.368 e. The minimum Gasteiger partial charge on any atom is -0.368 e. The SMILES string of the molecule is Nc1nc(Nc2cc(C3CCC3)[nH]n2)cc(N2CCCC2c2ccc(F)cc2F)n1. The molecule has 5 rings (SSSR count). The van der Waals surface area contributed by atoms with Crippen LogP contribution in [0.3, 0.4) is 0 Å². The minimum atomic E-state index is -0.584. The Morgan fingerprint density at radius 3 is 2.67 bits per heavy atom. The third-order valence-electron chi connectivity index (χ3n) is 6.00. The van der Waals surface area contributed by atoms with E-state index >= 15 is 0 Å². The molecule has 0 radical (unpaired) electrons. The highest BCUT2D eigenvalue weighted by Gasteiger charge is 2.30. The summed E-state index contributed by atoms with van der Waals surface area (Å²) in [7, 11) is 0. The quantitative estimate of drug-likeness (QED) is 0.575. The Morgan fingerprint density at radius 2 is 1.90 bits per heavy atom. The fraction of sp³-hybridized carbons (Fsp3) is 0.381. The highest BCUT2D eigenvalue weighted by molar-refractivity contribution is 5.60. The van der Waals surface area contributed by atoms with E-state index < -0.39 is 11.6 Å². The zero-order valence-electron chi connectivity index (χ0n) is 16.4. The van der Waals surface area contributed by atoms with E-state index in [-0.39, 0.29) is 12.0 Å². The predicted octanol–water partition coefficient (Wildman–Crippen LogP) is 4.41. The van der Waals surface area contributed by atoms with Gasteiger partial charge in [-0.2, -0.15) is 15.1 Å². The molecule has 2 aromatic heterocycles. The summed E-state index contributed by atoms with van der Waals surface area (Å²) < 4.78 is 27.7. The molecule has 1 saturated heterocycles. The maximum atomic E-state index is 14.4. The van der Waals surface area contributed by atoms with Crippen molar-refractivity contribution in [2.75, 3.05) is 22.5 Å². The minimum absolute atomic E-state index is 0.120. The van der Waals surface area contributed by atoms with E-state index in [9.17, 15) is 8.78 Å². The highest BCUT2D eigenvalue weighted by atomic mass is 19.1. The zero-order chi connectivity index (χ0) is 20.7. The van der Waals surface area contributed by atoms with E-state index in [1.54, 1.807) is 6.07 Å². The number of hydrogen-bond donors (Lipinski definition) is 3. The average molecular weight is 411 g/mol. The predicted molar refractivity (Wildman–Crippen MR) is 111 cm³/mol. The number of rotatable bonds is 5. The second-order valence-corrected chi connectivity index (χ2v) is 7.95. The summed E-state index contributed by atoms with van der Waals surface area (Å²) in [4.78, 5) is 10.6. The van der Waals surface area contributed by atoms with Gasteiger partial charge in [0.15, 0.2) is 5.82 Å². The van der Waals surface area contributed by atoms with E-state index in [1.165, 1.54) is 31.4 Å². The first-order chi connectivity index (χ1) is 14.6. The number of aromatic amines is 1. The molecule has 1 unspecified atom stereocenters. The second kappa shape index (κ2) is 7.55. The third-order valence-corrected chi connectivity index (χ3v) is 6.00. The van der Waals surface area contributed by atoms with Crippen molar-refractivity contribution < 1.29 is 8.78 Å². The first-order valence-electron chi connectivity index (χ1n) is 10.3. The Hall–Kier alpha value is -3.23. The molecule has 3 heterocycles. The van der Waals surface area contributed by atoms with Gasteiger partial charge in [-0.1, -0.05) is 12.5 Å².